The van der Waals surface area contributed by atoms with Crippen molar-refractivity contribution >= 4 is 5.91 Å². The normalized spacial score (nSPS) is 18.8. The van der Waals surface area contributed by atoms with Gasteiger partial charge in [0.2, 0.25) is 5.91 Å². The van der Waals surface area contributed by atoms with Crippen molar-refractivity contribution in [3.8, 4) is 0 Å². The summed E-state index contributed by atoms with van der Waals surface area (Å²) >= 11 is 0. The third-order valence-corrected chi connectivity index (χ3v) is 2.72. The number of amides is 1. The highest BCUT2D eigenvalue weighted by Crippen LogP contribution is 2.48. The SMILES string of the molecule is CCCC1(CNC(=O)CC)CC1. The molecule has 0 heterocycles. The van der Waals surface area contributed by atoms with Crippen LogP contribution < -0.4 is 5.32 Å². The molecular weight excluding hydrogens is 150 g/mol. The molecule has 1 fully saturated rings. The second kappa shape index (κ2) is 3.92. The van der Waals surface area contributed by atoms with Gasteiger partial charge in [-0.1, -0.05) is 20.3 Å². The zero-order chi connectivity index (χ0) is 9.03. The van der Waals surface area contributed by atoms with Crippen molar-refractivity contribution in [2.75, 3.05) is 6.54 Å². The van der Waals surface area contributed by atoms with Gasteiger partial charge in [-0.15, -0.1) is 0 Å². The molecule has 0 bridgehead atoms. The Morgan fingerprint density at radius 2 is 2.08 bits per heavy atom. The Labute approximate surface area is 74.7 Å². The lowest BCUT2D eigenvalue weighted by molar-refractivity contribution is -0.121. The highest BCUT2D eigenvalue weighted by Gasteiger charge is 2.41. The van der Waals surface area contributed by atoms with Gasteiger partial charge in [-0.2, -0.15) is 0 Å². The molecule has 70 valence electrons. The first-order valence-corrected chi connectivity index (χ1v) is 4.99. The summed E-state index contributed by atoms with van der Waals surface area (Å²) in [5, 5.41) is 2.98. The van der Waals surface area contributed by atoms with Crippen LogP contribution in [-0.4, -0.2) is 12.5 Å². The minimum atomic E-state index is 0.192. The topological polar surface area (TPSA) is 29.1 Å². The lowest BCUT2D eigenvalue weighted by atomic mass is 10.0. The van der Waals surface area contributed by atoms with Crippen molar-refractivity contribution in [3.05, 3.63) is 0 Å². The van der Waals surface area contributed by atoms with Crippen LogP contribution in [0.1, 0.15) is 46.0 Å². The van der Waals surface area contributed by atoms with Gasteiger partial charge in [0.1, 0.15) is 0 Å². The highest BCUT2D eigenvalue weighted by atomic mass is 16.1. The van der Waals surface area contributed by atoms with E-state index in [0.717, 1.165) is 6.54 Å². The summed E-state index contributed by atoms with van der Waals surface area (Å²) in [6.45, 7) is 5.02. The van der Waals surface area contributed by atoms with Crippen molar-refractivity contribution in [1.82, 2.24) is 5.32 Å². The predicted molar refractivity (Wildman–Crippen MR) is 49.9 cm³/mol. The van der Waals surface area contributed by atoms with Gasteiger partial charge in [-0.3, -0.25) is 4.79 Å². The molecule has 0 spiro atoms. The molecule has 1 aliphatic carbocycles. The molecule has 1 rings (SSSR count). The summed E-state index contributed by atoms with van der Waals surface area (Å²) in [5.74, 6) is 0.192. The standard InChI is InChI=1S/C10H19NO/c1-3-5-10(6-7-10)8-11-9(12)4-2/h3-8H2,1-2H3,(H,11,12). The first-order valence-electron chi connectivity index (χ1n) is 4.99. The summed E-state index contributed by atoms with van der Waals surface area (Å²) in [5.41, 5.74) is 0.500. The zero-order valence-electron chi connectivity index (χ0n) is 8.15. The molecule has 0 unspecified atom stereocenters. The third-order valence-electron chi connectivity index (χ3n) is 2.72. The van der Waals surface area contributed by atoms with E-state index in [1.807, 2.05) is 6.92 Å². The van der Waals surface area contributed by atoms with Crippen LogP contribution in [0.4, 0.5) is 0 Å². The van der Waals surface area contributed by atoms with Gasteiger partial charge in [-0.25, -0.2) is 0 Å². The number of rotatable bonds is 5. The van der Waals surface area contributed by atoms with Crippen LogP contribution in [0.3, 0.4) is 0 Å². The summed E-state index contributed by atoms with van der Waals surface area (Å²) in [6.07, 6.45) is 5.75. The molecule has 1 aliphatic rings. The molecule has 1 saturated carbocycles. The van der Waals surface area contributed by atoms with Crippen molar-refractivity contribution in [1.29, 1.82) is 0 Å². The van der Waals surface area contributed by atoms with Crippen molar-refractivity contribution < 1.29 is 4.79 Å². The van der Waals surface area contributed by atoms with E-state index in [-0.39, 0.29) is 5.91 Å². The Hall–Kier alpha value is -0.530. The maximum absolute atomic E-state index is 11.0. The molecule has 0 atom stereocenters. The average Bonchev–Trinajstić information content (AvgIpc) is 2.82. The number of nitrogens with one attached hydrogen (secondary N) is 1. The lowest BCUT2D eigenvalue weighted by Crippen LogP contribution is -2.29. The fraction of sp³-hybridized carbons (Fsp3) is 0.900. The quantitative estimate of drug-likeness (QED) is 0.671. The molecule has 2 heteroatoms. The minimum Gasteiger partial charge on any atom is -0.356 e. The maximum Gasteiger partial charge on any atom is 0.219 e. The van der Waals surface area contributed by atoms with E-state index in [1.165, 1.54) is 25.7 Å². The van der Waals surface area contributed by atoms with Gasteiger partial charge in [-0.05, 0) is 24.7 Å². The van der Waals surface area contributed by atoms with E-state index in [4.69, 9.17) is 0 Å². The Bertz CT molecular complexity index is 161. The minimum absolute atomic E-state index is 0.192. The number of hydrogen-bond acceptors (Lipinski definition) is 1. The Kier molecular flexibility index (Phi) is 3.12. The molecule has 0 aromatic rings. The van der Waals surface area contributed by atoms with Gasteiger partial charge in [0.15, 0.2) is 0 Å². The lowest BCUT2D eigenvalue weighted by Gasteiger charge is -2.14. The number of hydrogen-bond donors (Lipinski definition) is 1. The monoisotopic (exact) mass is 169 g/mol. The molecule has 0 saturated heterocycles. The van der Waals surface area contributed by atoms with Crippen LogP contribution in [-0.2, 0) is 4.79 Å². The van der Waals surface area contributed by atoms with Gasteiger partial charge >= 0.3 is 0 Å². The van der Waals surface area contributed by atoms with E-state index < -0.39 is 0 Å². The Balaban J connectivity index is 2.17. The summed E-state index contributed by atoms with van der Waals surface area (Å²) < 4.78 is 0. The third kappa shape index (κ3) is 2.50. The van der Waals surface area contributed by atoms with Gasteiger partial charge in [0.25, 0.3) is 0 Å². The molecule has 0 radical (unpaired) electrons. The van der Waals surface area contributed by atoms with Crippen LogP contribution in [0.2, 0.25) is 0 Å². The number of carbonyl (C=O) groups is 1. The first-order chi connectivity index (χ1) is 5.72. The molecule has 0 aromatic carbocycles. The Morgan fingerprint density at radius 3 is 2.50 bits per heavy atom. The molecular formula is C10H19NO. The summed E-state index contributed by atoms with van der Waals surface area (Å²) in [4.78, 5) is 11.0. The molecule has 0 aliphatic heterocycles. The van der Waals surface area contributed by atoms with Crippen LogP contribution in [0.25, 0.3) is 0 Å². The summed E-state index contributed by atoms with van der Waals surface area (Å²) in [7, 11) is 0. The molecule has 12 heavy (non-hydrogen) atoms. The van der Waals surface area contributed by atoms with Crippen LogP contribution >= 0.6 is 0 Å². The average molecular weight is 169 g/mol. The van der Waals surface area contributed by atoms with Crippen molar-refractivity contribution in [2.45, 2.75) is 46.0 Å². The van der Waals surface area contributed by atoms with Gasteiger partial charge in [0, 0.05) is 13.0 Å². The van der Waals surface area contributed by atoms with E-state index in [9.17, 15) is 4.79 Å². The fourth-order valence-corrected chi connectivity index (χ4v) is 1.63. The zero-order valence-corrected chi connectivity index (χ0v) is 8.15. The van der Waals surface area contributed by atoms with Crippen LogP contribution in [0.5, 0.6) is 0 Å². The highest BCUT2D eigenvalue weighted by molar-refractivity contribution is 5.75. The van der Waals surface area contributed by atoms with Crippen LogP contribution in [0, 0.1) is 5.41 Å². The van der Waals surface area contributed by atoms with E-state index >= 15 is 0 Å². The van der Waals surface area contributed by atoms with Crippen LogP contribution in [0.15, 0.2) is 0 Å². The first kappa shape index (κ1) is 9.56. The van der Waals surface area contributed by atoms with Crippen molar-refractivity contribution in [2.24, 2.45) is 5.41 Å². The van der Waals surface area contributed by atoms with E-state index in [0.29, 0.717) is 11.8 Å². The van der Waals surface area contributed by atoms with Crippen molar-refractivity contribution in [3.63, 3.8) is 0 Å². The summed E-state index contributed by atoms with van der Waals surface area (Å²) in [6, 6.07) is 0. The predicted octanol–water partition coefficient (Wildman–Crippen LogP) is 2.09. The molecule has 1 amide bonds. The van der Waals surface area contributed by atoms with Gasteiger partial charge < -0.3 is 5.32 Å². The molecule has 1 N–H and O–H groups in total. The second-order valence-electron chi connectivity index (χ2n) is 3.88. The number of carbonyl (C=O) groups excluding carboxylic acids is 1. The van der Waals surface area contributed by atoms with Gasteiger partial charge in [0.05, 0.1) is 0 Å². The van der Waals surface area contributed by atoms with E-state index in [1.54, 1.807) is 0 Å². The van der Waals surface area contributed by atoms with E-state index in [2.05, 4.69) is 12.2 Å². The molecule has 2 nitrogen and oxygen atoms in total. The fourth-order valence-electron chi connectivity index (χ4n) is 1.63. The second-order valence-corrected chi connectivity index (χ2v) is 3.88. The Morgan fingerprint density at radius 1 is 1.42 bits per heavy atom. The molecule has 0 aromatic heterocycles. The smallest absolute Gasteiger partial charge is 0.219 e. The maximum atomic E-state index is 11.0. The largest absolute Gasteiger partial charge is 0.356 e.